The maximum atomic E-state index is 15.0. The van der Waals surface area contributed by atoms with E-state index in [0.29, 0.717) is 23.1 Å². The first-order valence-corrected chi connectivity index (χ1v) is 10.1. The minimum Gasteiger partial charge on any atom is -0.444 e. The first-order valence-electron chi connectivity index (χ1n) is 9.77. The summed E-state index contributed by atoms with van der Waals surface area (Å²) in [6, 6.07) is 4.03. The van der Waals surface area contributed by atoms with Gasteiger partial charge in [-0.3, -0.25) is 4.98 Å². The number of rotatable bonds is 4. The van der Waals surface area contributed by atoms with E-state index in [1.807, 2.05) is 6.92 Å². The lowest BCUT2D eigenvalue weighted by molar-refractivity contribution is 0.0502. The van der Waals surface area contributed by atoms with Gasteiger partial charge in [-0.2, -0.15) is 0 Å². The second kappa shape index (κ2) is 8.70. The van der Waals surface area contributed by atoms with E-state index in [-0.39, 0.29) is 22.1 Å². The summed E-state index contributed by atoms with van der Waals surface area (Å²) in [5, 5.41) is 3.10. The van der Waals surface area contributed by atoms with Crippen LogP contribution >= 0.6 is 11.6 Å². The zero-order valence-electron chi connectivity index (χ0n) is 17.9. The Balaban J connectivity index is 2.15. The Hall–Kier alpha value is -2.87. The molecule has 3 aromatic rings. The standard InChI is InChI=1S/C22H23ClF2N4O2/c1-6-17(28-21(30)31-22(3,4)5)13-7-11(2)27-19-14(13)8-12(9-15(19)24)18-16(25)10-26-20(23)29-18/h7-10,17H,6H2,1-5H3,(H,28,30). The number of nitrogens with zero attached hydrogens (tertiary/aromatic N) is 3. The largest absolute Gasteiger partial charge is 0.444 e. The molecule has 1 aromatic carbocycles. The van der Waals surface area contributed by atoms with Crippen LogP contribution in [-0.4, -0.2) is 26.6 Å². The predicted octanol–water partition coefficient (Wildman–Crippen LogP) is 5.91. The highest BCUT2D eigenvalue weighted by Gasteiger charge is 2.23. The van der Waals surface area contributed by atoms with Crippen LogP contribution in [0.5, 0.6) is 0 Å². The van der Waals surface area contributed by atoms with Gasteiger partial charge in [-0.25, -0.2) is 23.5 Å². The SMILES string of the molecule is CCC(NC(=O)OC(C)(C)C)c1cc(C)nc2c(F)cc(-c3nc(Cl)ncc3F)cc12. The molecule has 0 bridgehead atoms. The highest BCUT2D eigenvalue weighted by Crippen LogP contribution is 2.33. The zero-order chi connectivity index (χ0) is 22.9. The van der Waals surface area contributed by atoms with E-state index in [9.17, 15) is 9.18 Å². The van der Waals surface area contributed by atoms with Gasteiger partial charge in [0.25, 0.3) is 0 Å². The lowest BCUT2D eigenvalue weighted by Gasteiger charge is -2.24. The first-order chi connectivity index (χ1) is 14.5. The Bertz CT molecular complexity index is 1150. The number of benzene rings is 1. The Labute approximate surface area is 184 Å². The van der Waals surface area contributed by atoms with Crippen molar-refractivity contribution in [1.29, 1.82) is 0 Å². The Kier molecular flexibility index (Phi) is 6.40. The van der Waals surface area contributed by atoms with Crippen LogP contribution in [0.15, 0.2) is 24.4 Å². The molecule has 0 aliphatic heterocycles. The van der Waals surface area contributed by atoms with Gasteiger partial charge in [0.2, 0.25) is 5.28 Å². The summed E-state index contributed by atoms with van der Waals surface area (Å²) in [6.45, 7) is 8.92. The number of hydrogen-bond acceptors (Lipinski definition) is 5. The molecule has 1 unspecified atom stereocenters. The Morgan fingerprint density at radius 1 is 1.19 bits per heavy atom. The van der Waals surface area contributed by atoms with E-state index < -0.39 is 29.4 Å². The van der Waals surface area contributed by atoms with Gasteiger partial charge in [-0.05, 0) is 69.5 Å². The molecular formula is C22H23ClF2N4O2. The minimum absolute atomic E-state index is 0.115. The van der Waals surface area contributed by atoms with E-state index in [1.165, 1.54) is 0 Å². The van der Waals surface area contributed by atoms with E-state index in [2.05, 4.69) is 20.3 Å². The third kappa shape index (κ3) is 5.25. The predicted molar refractivity (Wildman–Crippen MR) is 115 cm³/mol. The lowest BCUT2D eigenvalue weighted by atomic mass is 9.96. The fourth-order valence-corrected chi connectivity index (χ4v) is 3.40. The molecule has 0 aliphatic rings. The molecule has 164 valence electrons. The van der Waals surface area contributed by atoms with Crippen molar-refractivity contribution in [1.82, 2.24) is 20.3 Å². The molecule has 0 saturated carbocycles. The number of aromatic nitrogens is 3. The number of aryl methyl sites for hydroxylation is 1. The number of ether oxygens (including phenoxy) is 1. The van der Waals surface area contributed by atoms with E-state index in [1.54, 1.807) is 39.8 Å². The number of hydrogen-bond donors (Lipinski definition) is 1. The summed E-state index contributed by atoms with van der Waals surface area (Å²) in [6.07, 6.45) is 0.851. The van der Waals surface area contributed by atoms with Gasteiger partial charge in [0.15, 0.2) is 5.82 Å². The van der Waals surface area contributed by atoms with Crippen LogP contribution in [0.1, 0.15) is 51.4 Å². The summed E-state index contributed by atoms with van der Waals surface area (Å²) >= 11 is 5.80. The van der Waals surface area contributed by atoms with Crippen molar-refractivity contribution >= 4 is 28.6 Å². The van der Waals surface area contributed by atoms with Gasteiger partial charge >= 0.3 is 6.09 Å². The lowest BCUT2D eigenvalue weighted by Crippen LogP contribution is -2.35. The fourth-order valence-electron chi connectivity index (χ4n) is 3.27. The second-order valence-electron chi connectivity index (χ2n) is 8.15. The third-order valence-corrected chi connectivity index (χ3v) is 4.67. The van der Waals surface area contributed by atoms with Crippen molar-refractivity contribution in [2.75, 3.05) is 0 Å². The molecule has 9 heteroatoms. The second-order valence-corrected chi connectivity index (χ2v) is 8.49. The van der Waals surface area contributed by atoms with Gasteiger partial charge < -0.3 is 10.1 Å². The first kappa shape index (κ1) is 22.8. The molecule has 31 heavy (non-hydrogen) atoms. The quantitative estimate of drug-likeness (QED) is 0.502. The highest BCUT2D eigenvalue weighted by molar-refractivity contribution is 6.28. The third-order valence-electron chi connectivity index (χ3n) is 4.49. The van der Waals surface area contributed by atoms with Crippen LogP contribution in [0, 0.1) is 18.6 Å². The summed E-state index contributed by atoms with van der Waals surface area (Å²) in [5.74, 6) is -1.37. The topological polar surface area (TPSA) is 77.0 Å². The normalized spacial score (nSPS) is 12.6. The van der Waals surface area contributed by atoms with Crippen molar-refractivity contribution in [2.24, 2.45) is 0 Å². The minimum atomic E-state index is -0.733. The molecule has 0 saturated heterocycles. The van der Waals surface area contributed by atoms with Crippen molar-refractivity contribution < 1.29 is 18.3 Å². The average Bonchev–Trinajstić information content (AvgIpc) is 2.66. The molecule has 1 N–H and O–H groups in total. The van der Waals surface area contributed by atoms with Crippen LogP contribution in [0.4, 0.5) is 13.6 Å². The molecule has 1 atom stereocenters. The molecule has 1 amide bonds. The fraction of sp³-hybridized carbons (Fsp3) is 0.364. The van der Waals surface area contributed by atoms with Crippen LogP contribution in [-0.2, 0) is 4.74 Å². The molecule has 2 aromatic heterocycles. The number of halogens is 3. The molecule has 0 aliphatic carbocycles. The molecule has 0 fully saturated rings. The number of alkyl carbamates (subject to hydrolysis) is 1. The molecule has 0 spiro atoms. The van der Waals surface area contributed by atoms with Gasteiger partial charge in [0.1, 0.15) is 22.6 Å². The summed E-state index contributed by atoms with van der Waals surface area (Å²) in [4.78, 5) is 24.1. The molecular weight excluding hydrogens is 426 g/mol. The van der Waals surface area contributed by atoms with Gasteiger partial charge in [0.05, 0.1) is 12.2 Å². The van der Waals surface area contributed by atoms with Crippen molar-refractivity contribution in [3.63, 3.8) is 0 Å². The maximum Gasteiger partial charge on any atom is 0.408 e. The smallest absolute Gasteiger partial charge is 0.408 e. The van der Waals surface area contributed by atoms with E-state index in [0.717, 1.165) is 12.3 Å². The number of amides is 1. The molecule has 3 rings (SSSR count). The Morgan fingerprint density at radius 2 is 1.90 bits per heavy atom. The van der Waals surface area contributed by atoms with Crippen LogP contribution in [0.3, 0.4) is 0 Å². The monoisotopic (exact) mass is 448 g/mol. The number of pyridine rings is 1. The number of nitrogens with one attached hydrogen (secondary N) is 1. The summed E-state index contributed by atoms with van der Waals surface area (Å²) in [7, 11) is 0. The van der Waals surface area contributed by atoms with Gasteiger partial charge in [-0.1, -0.05) is 6.92 Å². The van der Waals surface area contributed by atoms with E-state index in [4.69, 9.17) is 16.3 Å². The average molecular weight is 449 g/mol. The van der Waals surface area contributed by atoms with Gasteiger partial charge in [-0.15, -0.1) is 0 Å². The maximum absolute atomic E-state index is 15.0. The van der Waals surface area contributed by atoms with Crippen molar-refractivity contribution in [3.8, 4) is 11.3 Å². The van der Waals surface area contributed by atoms with Crippen molar-refractivity contribution in [2.45, 2.75) is 52.7 Å². The summed E-state index contributed by atoms with van der Waals surface area (Å²) < 4.78 is 34.7. The zero-order valence-corrected chi connectivity index (χ0v) is 18.6. The number of fused-ring (bicyclic) bond motifs is 1. The molecule has 0 radical (unpaired) electrons. The highest BCUT2D eigenvalue weighted by atomic mass is 35.5. The van der Waals surface area contributed by atoms with E-state index >= 15 is 4.39 Å². The molecule has 2 heterocycles. The molecule has 6 nitrogen and oxygen atoms in total. The van der Waals surface area contributed by atoms with Gasteiger partial charge in [0, 0.05) is 16.6 Å². The Morgan fingerprint density at radius 3 is 2.55 bits per heavy atom. The summed E-state index contributed by atoms with van der Waals surface area (Å²) in [5.41, 5.74) is 0.726. The van der Waals surface area contributed by atoms with Crippen molar-refractivity contribution in [3.05, 3.63) is 52.6 Å². The van der Waals surface area contributed by atoms with Crippen LogP contribution < -0.4 is 5.32 Å². The number of carbonyl (C=O) groups is 1. The van der Waals surface area contributed by atoms with Crippen LogP contribution in [0.2, 0.25) is 5.28 Å². The number of carbonyl (C=O) groups excluding carboxylic acids is 1. The van der Waals surface area contributed by atoms with Crippen LogP contribution in [0.25, 0.3) is 22.2 Å².